The summed E-state index contributed by atoms with van der Waals surface area (Å²) in [5, 5.41) is 10.3. The Bertz CT molecular complexity index is 564. The number of carbonyl (C=O) groups excluding carboxylic acids is 1. The van der Waals surface area contributed by atoms with Crippen LogP contribution >= 0.6 is 0 Å². The van der Waals surface area contributed by atoms with E-state index in [2.05, 4.69) is 0 Å². The van der Waals surface area contributed by atoms with E-state index in [4.69, 9.17) is 8.83 Å². The van der Waals surface area contributed by atoms with Crippen LogP contribution in [0.15, 0.2) is 45.4 Å². The number of hydrogen-bond donors (Lipinski definition) is 0. The van der Waals surface area contributed by atoms with E-state index in [1.165, 1.54) is 36.6 Å². The number of allylic oxidation sites excluding steroid dienone is 1. The lowest BCUT2D eigenvalue weighted by Crippen LogP contribution is -1.89. The summed E-state index contributed by atoms with van der Waals surface area (Å²) in [5.41, 5.74) is 0. The van der Waals surface area contributed by atoms with Gasteiger partial charge >= 0.3 is 5.88 Å². The van der Waals surface area contributed by atoms with E-state index >= 15 is 0 Å². The molecule has 0 bridgehead atoms. The fourth-order valence-corrected chi connectivity index (χ4v) is 1.19. The predicted molar refractivity (Wildman–Crippen MR) is 57.4 cm³/mol. The maximum atomic E-state index is 11.5. The molecule has 0 saturated carbocycles. The minimum absolute atomic E-state index is 0.197. The number of nitro groups is 1. The van der Waals surface area contributed by atoms with Gasteiger partial charge in [-0.3, -0.25) is 14.9 Å². The molecule has 6 nitrogen and oxygen atoms in total. The van der Waals surface area contributed by atoms with Crippen molar-refractivity contribution < 1.29 is 18.6 Å². The average Bonchev–Trinajstić information content (AvgIpc) is 2.97. The molecule has 2 rings (SSSR count). The summed E-state index contributed by atoms with van der Waals surface area (Å²) >= 11 is 0. The molecule has 0 atom stereocenters. The Morgan fingerprint density at radius 1 is 1.35 bits per heavy atom. The van der Waals surface area contributed by atoms with Crippen LogP contribution in [-0.2, 0) is 0 Å². The molecular formula is C11H7NO5. The first kappa shape index (κ1) is 10.9. The fraction of sp³-hybridized carbons (Fsp3) is 0. The van der Waals surface area contributed by atoms with Gasteiger partial charge < -0.3 is 8.83 Å². The van der Waals surface area contributed by atoms with Crippen LogP contribution in [0.1, 0.15) is 16.3 Å². The van der Waals surface area contributed by atoms with E-state index in [0.29, 0.717) is 0 Å². The SMILES string of the molecule is O=C(C=Cc1ccc([N+](=O)[O-])o1)c1ccco1. The third-order valence-corrected chi connectivity index (χ3v) is 1.96. The second-order valence-corrected chi connectivity index (χ2v) is 3.11. The van der Waals surface area contributed by atoms with Crippen molar-refractivity contribution >= 4 is 17.7 Å². The van der Waals surface area contributed by atoms with Gasteiger partial charge in [0.25, 0.3) is 0 Å². The Hall–Kier alpha value is -2.63. The molecule has 0 aliphatic carbocycles. The van der Waals surface area contributed by atoms with Crippen LogP contribution in [-0.4, -0.2) is 10.7 Å². The largest absolute Gasteiger partial charge is 0.461 e. The summed E-state index contributed by atoms with van der Waals surface area (Å²) in [4.78, 5) is 21.2. The van der Waals surface area contributed by atoms with E-state index in [0.717, 1.165) is 0 Å². The molecule has 2 aromatic heterocycles. The highest BCUT2D eigenvalue weighted by Gasteiger charge is 2.10. The molecule has 86 valence electrons. The van der Waals surface area contributed by atoms with Crippen molar-refractivity contribution in [2.75, 3.05) is 0 Å². The number of ketones is 1. The van der Waals surface area contributed by atoms with Crippen LogP contribution in [0.5, 0.6) is 0 Å². The third-order valence-electron chi connectivity index (χ3n) is 1.96. The maximum Gasteiger partial charge on any atom is 0.433 e. The molecule has 0 saturated heterocycles. The molecule has 2 aromatic rings. The maximum absolute atomic E-state index is 11.5. The first-order valence-electron chi connectivity index (χ1n) is 4.67. The highest BCUT2D eigenvalue weighted by molar-refractivity contribution is 6.04. The lowest BCUT2D eigenvalue weighted by atomic mass is 10.2. The Balaban J connectivity index is 2.10. The summed E-state index contributed by atoms with van der Waals surface area (Å²) in [6.07, 6.45) is 3.96. The average molecular weight is 233 g/mol. The highest BCUT2D eigenvalue weighted by atomic mass is 16.6. The van der Waals surface area contributed by atoms with Crippen LogP contribution in [0.3, 0.4) is 0 Å². The van der Waals surface area contributed by atoms with Crippen LogP contribution in [0.4, 0.5) is 5.88 Å². The van der Waals surface area contributed by atoms with E-state index < -0.39 is 4.92 Å². The molecule has 17 heavy (non-hydrogen) atoms. The van der Waals surface area contributed by atoms with Crippen molar-refractivity contribution in [3.8, 4) is 0 Å². The number of carbonyl (C=O) groups is 1. The van der Waals surface area contributed by atoms with E-state index in [1.54, 1.807) is 6.07 Å². The van der Waals surface area contributed by atoms with Crippen LogP contribution in [0.2, 0.25) is 0 Å². The highest BCUT2D eigenvalue weighted by Crippen LogP contribution is 2.16. The smallest absolute Gasteiger partial charge is 0.433 e. The number of rotatable bonds is 4. The number of nitrogens with zero attached hydrogens (tertiary/aromatic N) is 1. The molecule has 0 fully saturated rings. The zero-order valence-corrected chi connectivity index (χ0v) is 8.53. The third kappa shape index (κ3) is 2.49. The number of furan rings is 2. The Labute approximate surface area is 95.3 Å². The molecule has 0 radical (unpaired) electrons. The second kappa shape index (κ2) is 4.48. The van der Waals surface area contributed by atoms with Gasteiger partial charge in [-0.15, -0.1) is 0 Å². The zero-order valence-electron chi connectivity index (χ0n) is 8.53. The molecule has 2 heterocycles. The first-order chi connectivity index (χ1) is 8.16. The molecule has 0 unspecified atom stereocenters. The molecule has 6 heteroatoms. The molecule has 0 N–H and O–H groups in total. The van der Waals surface area contributed by atoms with E-state index in [9.17, 15) is 14.9 Å². The standard InChI is InChI=1S/C11H7NO5/c13-9(10-2-1-7-16-10)5-3-8-4-6-11(17-8)12(14)15/h1-7H. The quantitative estimate of drug-likeness (QED) is 0.350. The van der Waals surface area contributed by atoms with Crippen molar-refractivity contribution in [1.29, 1.82) is 0 Å². The van der Waals surface area contributed by atoms with Gasteiger partial charge in [-0.1, -0.05) is 0 Å². The molecular weight excluding hydrogens is 226 g/mol. The van der Waals surface area contributed by atoms with Gasteiger partial charge in [0.2, 0.25) is 5.78 Å². The molecule has 0 aliphatic rings. The summed E-state index contributed by atoms with van der Waals surface area (Å²) < 4.78 is 9.73. The minimum atomic E-state index is -0.647. The van der Waals surface area contributed by atoms with Crippen LogP contribution < -0.4 is 0 Å². The van der Waals surface area contributed by atoms with Gasteiger partial charge in [-0.2, -0.15) is 0 Å². The molecule has 0 spiro atoms. The van der Waals surface area contributed by atoms with Crippen molar-refractivity contribution in [3.05, 3.63) is 58.2 Å². The zero-order chi connectivity index (χ0) is 12.3. The van der Waals surface area contributed by atoms with Gasteiger partial charge in [0.1, 0.15) is 10.7 Å². The number of hydrogen-bond acceptors (Lipinski definition) is 5. The van der Waals surface area contributed by atoms with Crippen molar-refractivity contribution in [2.45, 2.75) is 0 Å². The summed E-state index contributed by atoms with van der Waals surface area (Å²) in [6.45, 7) is 0. The summed E-state index contributed by atoms with van der Waals surface area (Å²) in [6, 6.07) is 5.75. The topological polar surface area (TPSA) is 86.5 Å². The van der Waals surface area contributed by atoms with Gasteiger partial charge in [0.15, 0.2) is 5.76 Å². The summed E-state index contributed by atoms with van der Waals surface area (Å²) in [7, 11) is 0. The molecule has 0 aromatic carbocycles. The van der Waals surface area contributed by atoms with E-state index in [-0.39, 0.29) is 23.2 Å². The van der Waals surface area contributed by atoms with Crippen molar-refractivity contribution in [2.24, 2.45) is 0 Å². The lowest BCUT2D eigenvalue weighted by Gasteiger charge is -1.87. The van der Waals surface area contributed by atoms with Crippen LogP contribution in [0.25, 0.3) is 6.08 Å². The molecule has 0 aliphatic heterocycles. The minimum Gasteiger partial charge on any atom is -0.461 e. The Morgan fingerprint density at radius 2 is 2.18 bits per heavy atom. The molecule has 0 amide bonds. The lowest BCUT2D eigenvalue weighted by molar-refractivity contribution is -0.402. The van der Waals surface area contributed by atoms with Gasteiger partial charge in [0.05, 0.1) is 12.3 Å². The fourth-order valence-electron chi connectivity index (χ4n) is 1.19. The Morgan fingerprint density at radius 3 is 2.76 bits per heavy atom. The predicted octanol–water partition coefficient (Wildman–Crippen LogP) is 2.68. The van der Waals surface area contributed by atoms with Gasteiger partial charge in [-0.25, -0.2) is 0 Å². The van der Waals surface area contributed by atoms with Gasteiger partial charge in [-0.05, 0) is 30.4 Å². The second-order valence-electron chi connectivity index (χ2n) is 3.11. The van der Waals surface area contributed by atoms with Crippen LogP contribution in [0, 0.1) is 10.1 Å². The van der Waals surface area contributed by atoms with Gasteiger partial charge in [0, 0.05) is 0 Å². The monoisotopic (exact) mass is 233 g/mol. The van der Waals surface area contributed by atoms with Crippen molar-refractivity contribution in [1.82, 2.24) is 0 Å². The first-order valence-corrected chi connectivity index (χ1v) is 4.67. The van der Waals surface area contributed by atoms with E-state index in [1.807, 2.05) is 0 Å². The van der Waals surface area contributed by atoms with Crippen molar-refractivity contribution in [3.63, 3.8) is 0 Å². The summed E-state index contributed by atoms with van der Waals surface area (Å²) in [5.74, 6) is -0.275. The Kier molecular flexibility index (Phi) is 2.87. The normalized spacial score (nSPS) is 10.8.